The second-order valence-electron chi connectivity index (χ2n) is 5.22. The number of hydrogen-bond donors (Lipinski definition) is 2. The first-order chi connectivity index (χ1) is 12.0. The van der Waals surface area contributed by atoms with Crippen molar-refractivity contribution in [1.29, 1.82) is 0 Å². The molecule has 1 aromatic carbocycles. The van der Waals surface area contributed by atoms with Crippen LogP contribution in [-0.2, 0) is 4.79 Å². The number of fused-ring (bicyclic) bond motifs is 1. The Bertz CT molecular complexity index is 917. The van der Waals surface area contributed by atoms with Crippen molar-refractivity contribution in [2.45, 2.75) is 13.8 Å². The fourth-order valence-electron chi connectivity index (χ4n) is 2.18. The Balaban J connectivity index is 1.59. The quantitative estimate of drug-likeness (QED) is 0.692. The highest BCUT2D eigenvalue weighted by atomic mass is 32.1. The number of benzene rings is 1. The Morgan fingerprint density at radius 2 is 2.04 bits per heavy atom. The van der Waals surface area contributed by atoms with Gasteiger partial charge in [0.1, 0.15) is 5.75 Å². The van der Waals surface area contributed by atoms with Gasteiger partial charge < -0.3 is 15.4 Å². The van der Waals surface area contributed by atoms with Crippen molar-refractivity contribution in [2.75, 3.05) is 18.5 Å². The molecule has 130 valence electrons. The molecule has 0 spiro atoms. The predicted octanol–water partition coefficient (Wildman–Crippen LogP) is 3.43. The van der Waals surface area contributed by atoms with Crippen molar-refractivity contribution in [2.24, 2.45) is 0 Å². The normalized spacial score (nSPS) is 10.6. The van der Waals surface area contributed by atoms with Crippen molar-refractivity contribution in [1.82, 2.24) is 10.3 Å². The summed E-state index contributed by atoms with van der Waals surface area (Å²) in [6.07, 6.45) is 0. The molecule has 8 heteroatoms. The lowest BCUT2D eigenvalue weighted by molar-refractivity contribution is -0.115. The molecule has 0 fully saturated rings. The van der Waals surface area contributed by atoms with Gasteiger partial charge in [0.05, 0.1) is 28.2 Å². The second-order valence-corrected chi connectivity index (χ2v) is 7.54. The number of carbonyl (C=O) groups excluding carboxylic acids is 2. The molecular formula is C17H17N3O3S2. The van der Waals surface area contributed by atoms with Crippen molar-refractivity contribution in [3.8, 4) is 5.75 Å². The fourth-order valence-corrected chi connectivity index (χ4v) is 3.88. The third-order valence-corrected chi connectivity index (χ3v) is 5.22. The van der Waals surface area contributed by atoms with E-state index in [1.807, 2.05) is 38.1 Å². The van der Waals surface area contributed by atoms with Gasteiger partial charge in [-0.3, -0.25) is 9.59 Å². The van der Waals surface area contributed by atoms with E-state index < -0.39 is 0 Å². The summed E-state index contributed by atoms with van der Waals surface area (Å²) in [6, 6.07) is 9.22. The molecule has 2 heterocycles. The maximum absolute atomic E-state index is 12.0. The maximum atomic E-state index is 12.0. The molecule has 3 aromatic rings. The van der Waals surface area contributed by atoms with Crippen LogP contribution in [0.2, 0.25) is 0 Å². The number of nitrogens with one attached hydrogen (secondary N) is 2. The van der Waals surface area contributed by atoms with E-state index in [1.54, 1.807) is 6.07 Å². The first-order valence-corrected chi connectivity index (χ1v) is 9.36. The number of aryl methyl sites for hydroxylation is 1. The van der Waals surface area contributed by atoms with Gasteiger partial charge in [0.25, 0.3) is 5.91 Å². The van der Waals surface area contributed by atoms with Crippen LogP contribution < -0.4 is 15.4 Å². The lowest BCUT2D eigenvalue weighted by Crippen LogP contribution is -2.32. The van der Waals surface area contributed by atoms with Gasteiger partial charge in [0.2, 0.25) is 5.91 Å². The van der Waals surface area contributed by atoms with Crippen molar-refractivity contribution >= 4 is 49.8 Å². The van der Waals surface area contributed by atoms with E-state index in [0.29, 0.717) is 16.6 Å². The molecule has 0 saturated heterocycles. The van der Waals surface area contributed by atoms with Gasteiger partial charge in [-0.05, 0) is 44.2 Å². The smallest absolute Gasteiger partial charge is 0.261 e. The fraction of sp³-hybridized carbons (Fsp3) is 0.235. The number of ether oxygens (including phenoxy) is 1. The zero-order valence-corrected chi connectivity index (χ0v) is 15.4. The van der Waals surface area contributed by atoms with E-state index >= 15 is 0 Å². The minimum Gasteiger partial charge on any atom is -0.494 e. The summed E-state index contributed by atoms with van der Waals surface area (Å²) < 4.78 is 6.39. The highest BCUT2D eigenvalue weighted by molar-refractivity contribution is 7.22. The van der Waals surface area contributed by atoms with Crippen molar-refractivity contribution in [3.63, 3.8) is 0 Å². The summed E-state index contributed by atoms with van der Waals surface area (Å²) in [4.78, 5) is 30.0. The third kappa shape index (κ3) is 4.34. The van der Waals surface area contributed by atoms with Gasteiger partial charge in [0, 0.05) is 4.88 Å². The van der Waals surface area contributed by atoms with E-state index in [-0.39, 0.29) is 18.4 Å². The minimum atomic E-state index is -0.314. The molecule has 0 saturated carbocycles. The first-order valence-electron chi connectivity index (χ1n) is 7.73. The Kier molecular flexibility index (Phi) is 5.30. The van der Waals surface area contributed by atoms with Crippen molar-refractivity contribution < 1.29 is 14.3 Å². The molecular weight excluding hydrogens is 358 g/mol. The second kappa shape index (κ2) is 7.62. The highest BCUT2D eigenvalue weighted by Gasteiger charge is 2.12. The molecule has 2 N–H and O–H groups in total. The topological polar surface area (TPSA) is 80.3 Å². The number of aromatic nitrogens is 1. The summed E-state index contributed by atoms with van der Waals surface area (Å²) >= 11 is 2.76. The zero-order chi connectivity index (χ0) is 17.8. The van der Waals surface area contributed by atoms with Crippen LogP contribution in [-0.4, -0.2) is 29.9 Å². The van der Waals surface area contributed by atoms with Crippen LogP contribution in [0.3, 0.4) is 0 Å². The summed E-state index contributed by atoms with van der Waals surface area (Å²) in [5, 5.41) is 5.81. The molecule has 0 bridgehead atoms. The van der Waals surface area contributed by atoms with E-state index in [0.717, 1.165) is 20.8 Å². The maximum Gasteiger partial charge on any atom is 0.261 e. The SMILES string of the molecule is CCOc1ccc2nc(NC(=O)CNC(=O)c3ccc(C)s3)sc2c1. The van der Waals surface area contributed by atoms with Gasteiger partial charge >= 0.3 is 0 Å². The summed E-state index contributed by atoms with van der Waals surface area (Å²) in [7, 11) is 0. The molecule has 0 aliphatic heterocycles. The van der Waals surface area contributed by atoms with E-state index in [9.17, 15) is 9.59 Å². The molecule has 0 aliphatic carbocycles. The van der Waals surface area contributed by atoms with Crippen LogP contribution in [0.1, 0.15) is 21.5 Å². The number of thiazole rings is 1. The van der Waals surface area contributed by atoms with Crippen molar-refractivity contribution in [3.05, 3.63) is 40.1 Å². The average Bonchev–Trinajstić information content (AvgIpc) is 3.18. The first kappa shape index (κ1) is 17.4. The molecule has 6 nitrogen and oxygen atoms in total. The molecule has 0 unspecified atom stereocenters. The lowest BCUT2D eigenvalue weighted by Gasteiger charge is -2.03. The molecule has 2 amide bonds. The lowest BCUT2D eigenvalue weighted by atomic mass is 10.3. The van der Waals surface area contributed by atoms with Gasteiger partial charge in [0.15, 0.2) is 5.13 Å². The number of thiophene rings is 1. The molecule has 25 heavy (non-hydrogen) atoms. The van der Waals surface area contributed by atoms with E-state index in [1.165, 1.54) is 22.7 Å². The largest absolute Gasteiger partial charge is 0.494 e. The monoisotopic (exact) mass is 375 g/mol. The van der Waals surface area contributed by atoms with Gasteiger partial charge in [-0.1, -0.05) is 11.3 Å². The van der Waals surface area contributed by atoms with Crippen LogP contribution in [0.5, 0.6) is 5.75 Å². The Morgan fingerprint density at radius 1 is 1.20 bits per heavy atom. The number of anilines is 1. The Labute approximate surface area is 152 Å². The Morgan fingerprint density at radius 3 is 2.76 bits per heavy atom. The molecule has 3 rings (SSSR count). The molecule has 0 atom stereocenters. The van der Waals surface area contributed by atoms with Crippen LogP contribution in [0.25, 0.3) is 10.2 Å². The average molecular weight is 375 g/mol. The number of rotatable bonds is 6. The molecule has 2 aromatic heterocycles. The predicted molar refractivity (Wildman–Crippen MR) is 101 cm³/mol. The van der Waals surface area contributed by atoms with Crippen LogP contribution in [0.4, 0.5) is 5.13 Å². The van der Waals surface area contributed by atoms with Gasteiger partial charge in [-0.15, -0.1) is 11.3 Å². The number of carbonyl (C=O) groups is 2. The summed E-state index contributed by atoms with van der Waals surface area (Å²) in [5.74, 6) is 0.208. The van der Waals surface area contributed by atoms with E-state index in [4.69, 9.17) is 4.74 Å². The number of hydrogen-bond acceptors (Lipinski definition) is 6. The Hall–Kier alpha value is -2.45. The number of amides is 2. The minimum absolute atomic E-state index is 0.101. The number of nitrogens with zero attached hydrogens (tertiary/aromatic N) is 1. The highest BCUT2D eigenvalue weighted by Crippen LogP contribution is 2.29. The van der Waals surface area contributed by atoms with Crippen LogP contribution >= 0.6 is 22.7 Å². The molecule has 0 radical (unpaired) electrons. The standard InChI is InChI=1S/C17H17N3O3S2/c1-3-23-11-5-6-12-14(8-11)25-17(19-12)20-15(21)9-18-16(22)13-7-4-10(2)24-13/h4-8H,3,9H2,1-2H3,(H,18,22)(H,19,20,21). The van der Waals surface area contributed by atoms with Gasteiger partial charge in [-0.25, -0.2) is 4.98 Å². The zero-order valence-electron chi connectivity index (χ0n) is 13.8. The van der Waals surface area contributed by atoms with Gasteiger partial charge in [-0.2, -0.15) is 0 Å². The third-order valence-electron chi connectivity index (χ3n) is 3.29. The van der Waals surface area contributed by atoms with Crippen LogP contribution in [0.15, 0.2) is 30.3 Å². The van der Waals surface area contributed by atoms with Crippen LogP contribution in [0, 0.1) is 6.92 Å². The molecule has 0 aliphatic rings. The summed E-state index contributed by atoms with van der Waals surface area (Å²) in [6.45, 7) is 4.35. The van der Waals surface area contributed by atoms with E-state index in [2.05, 4.69) is 15.6 Å². The summed E-state index contributed by atoms with van der Waals surface area (Å²) in [5.41, 5.74) is 0.793.